The monoisotopic (exact) mass is 266 g/mol. The summed E-state index contributed by atoms with van der Waals surface area (Å²) in [6.45, 7) is 2.03. The van der Waals surface area contributed by atoms with Gasteiger partial charge in [0.05, 0.1) is 0 Å². The van der Waals surface area contributed by atoms with Gasteiger partial charge in [-0.1, -0.05) is 29.2 Å². The van der Waals surface area contributed by atoms with Crippen molar-refractivity contribution in [3.63, 3.8) is 0 Å². The van der Waals surface area contributed by atoms with Gasteiger partial charge < -0.3 is 10.6 Å². The molecule has 0 saturated heterocycles. The van der Waals surface area contributed by atoms with Crippen molar-refractivity contribution in [1.82, 2.24) is 10.2 Å². The van der Waals surface area contributed by atoms with Crippen molar-refractivity contribution in [1.29, 1.82) is 0 Å². The molecule has 1 aromatic carbocycles. The Morgan fingerprint density at radius 3 is 2.65 bits per heavy atom. The van der Waals surface area contributed by atoms with Crippen molar-refractivity contribution in [2.45, 2.75) is 16.2 Å². The average molecular weight is 266 g/mol. The van der Waals surface area contributed by atoms with Crippen LogP contribution in [-0.4, -0.2) is 24.3 Å². The second kappa shape index (κ2) is 4.93. The lowest BCUT2D eigenvalue weighted by atomic mass is 10.2. The molecule has 4 nitrogen and oxygen atoms in total. The predicted octanol–water partition coefficient (Wildman–Crippen LogP) is 2.65. The Morgan fingerprint density at radius 2 is 2.06 bits per heavy atom. The second-order valence-corrected chi connectivity index (χ2v) is 6.13. The van der Waals surface area contributed by atoms with E-state index in [0.717, 1.165) is 25.6 Å². The lowest BCUT2D eigenvalue weighted by Gasteiger charge is -2.04. The van der Waals surface area contributed by atoms with E-state index in [1.807, 2.05) is 44.1 Å². The van der Waals surface area contributed by atoms with E-state index >= 15 is 0 Å². The second-order valence-electron chi connectivity index (χ2n) is 3.89. The molecule has 1 heterocycles. The molecule has 0 fully saturated rings. The number of hydrogen-bond donors (Lipinski definition) is 1. The molecular formula is C11H14N4S2. The van der Waals surface area contributed by atoms with E-state index in [1.165, 1.54) is 0 Å². The smallest absolute Gasteiger partial charge is 0.208 e. The first kappa shape index (κ1) is 12.2. The van der Waals surface area contributed by atoms with Crippen molar-refractivity contribution in [2.24, 2.45) is 0 Å². The van der Waals surface area contributed by atoms with Gasteiger partial charge in [-0.15, -0.1) is 10.2 Å². The zero-order chi connectivity index (χ0) is 12.4. The molecule has 0 unspecified atom stereocenters. The predicted molar refractivity (Wildman–Crippen MR) is 74.0 cm³/mol. The SMILES string of the molecule is Cc1ccc(Sc2nnc(N(C)C)s2)c(N)c1. The topological polar surface area (TPSA) is 55.0 Å². The highest BCUT2D eigenvalue weighted by Crippen LogP contribution is 2.35. The van der Waals surface area contributed by atoms with E-state index < -0.39 is 0 Å². The summed E-state index contributed by atoms with van der Waals surface area (Å²) in [5, 5.41) is 9.12. The van der Waals surface area contributed by atoms with Crippen LogP contribution in [0.15, 0.2) is 27.4 Å². The van der Waals surface area contributed by atoms with Crippen molar-refractivity contribution in [2.75, 3.05) is 24.7 Å². The van der Waals surface area contributed by atoms with Crippen LogP contribution in [0.1, 0.15) is 5.56 Å². The van der Waals surface area contributed by atoms with E-state index in [1.54, 1.807) is 23.1 Å². The summed E-state index contributed by atoms with van der Waals surface area (Å²) in [5.41, 5.74) is 7.91. The maximum absolute atomic E-state index is 5.96. The van der Waals surface area contributed by atoms with Crippen LogP contribution in [0.2, 0.25) is 0 Å². The van der Waals surface area contributed by atoms with E-state index in [-0.39, 0.29) is 0 Å². The molecule has 17 heavy (non-hydrogen) atoms. The van der Waals surface area contributed by atoms with Crippen LogP contribution in [0.5, 0.6) is 0 Å². The van der Waals surface area contributed by atoms with Crippen LogP contribution >= 0.6 is 23.1 Å². The summed E-state index contributed by atoms with van der Waals surface area (Å²) >= 11 is 3.11. The molecule has 0 aliphatic carbocycles. The molecule has 0 spiro atoms. The molecular weight excluding hydrogens is 252 g/mol. The molecule has 90 valence electrons. The van der Waals surface area contributed by atoms with E-state index in [2.05, 4.69) is 10.2 Å². The van der Waals surface area contributed by atoms with Gasteiger partial charge in [0.15, 0.2) is 4.34 Å². The molecule has 6 heteroatoms. The van der Waals surface area contributed by atoms with Crippen LogP contribution < -0.4 is 10.6 Å². The number of benzene rings is 1. The quantitative estimate of drug-likeness (QED) is 0.866. The highest BCUT2D eigenvalue weighted by atomic mass is 32.2. The fourth-order valence-electron chi connectivity index (χ4n) is 1.28. The Kier molecular flexibility index (Phi) is 3.54. The van der Waals surface area contributed by atoms with E-state index in [9.17, 15) is 0 Å². The minimum atomic E-state index is 0.789. The highest BCUT2D eigenvalue weighted by molar-refractivity contribution is 8.01. The maximum Gasteiger partial charge on any atom is 0.208 e. The van der Waals surface area contributed by atoms with Crippen molar-refractivity contribution >= 4 is 33.9 Å². The molecule has 0 radical (unpaired) electrons. The summed E-state index contributed by atoms with van der Waals surface area (Å²) in [4.78, 5) is 2.97. The lowest BCUT2D eigenvalue weighted by molar-refractivity contribution is 0.973. The normalized spacial score (nSPS) is 10.5. The van der Waals surface area contributed by atoms with Gasteiger partial charge in [-0.05, 0) is 24.6 Å². The number of rotatable bonds is 3. The van der Waals surface area contributed by atoms with Gasteiger partial charge >= 0.3 is 0 Å². The summed E-state index contributed by atoms with van der Waals surface area (Å²) in [6.07, 6.45) is 0. The van der Waals surface area contributed by atoms with Crippen molar-refractivity contribution in [3.8, 4) is 0 Å². The van der Waals surface area contributed by atoms with Crippen molar-refractivity contribution < 1.29 is 0 Å². The number of aryl methyl sites for hydroxylation is 1. The molecule has 0 bridgehead atoms. The molecule has 1 aromatic heterocycles. The van der Waals surface area contributed by atoms with Gasteiger partial charge in [-0.2, -0.15) is 0 Å². The van der Waals surface area contributed by atoms with Gasteiger partial charge in [0, 0.05) is 24.7 Å². The van der Waals surface area contributed by atoms with Crippen molar-refractivity contribution in [3.05, 3.63) is 23.8 Å². The zero-order valence-electron chi connectivity index (χ0n) is 9.97. The Hall–Kier alpha value is -1.27. The van der Waals surface area contributed by atoms with E-state index in [4.69, 9.17) is 5.73 Å². The molecule has 2 aromatic rings. The third-order valence-corrected chi connectivity index (χ3v) is 4.37. The Morgan fingerprint density at radius 1 is 1.29 bits per heavy atom. The molecule has 0 aliphatic rings. The zero-order valence-corrected chi connectivity index (χ0v) is 11.6. The first-order valence-corrected chi connectivity index (χ1v) is 6.74. The number of nitrogens with two attached hydrogens (primary N) is 1. The maximum atomic E-state index is 5.96. The fourth-order valence-corrected chi connectivity index (χ4v) is 3.02. The summed E-state index contributed by atoms with van der Waals surface area (Å²) < 4.78 is 0.907. The number of anilines is 2. The standard InChI is InChI=1S/C11H14N4S2/c1-7-4-5-9(8(12)6-7)16-11-14-13-10(17-11)15(2)3/h4-6H,12H2,1-3H3. The third-order valence-electron chi connectivity index (χ3n) is 2.14. The van der Waals surface area contributed by atoms with Crippen LogP contribution in [0.4, 0.5) is 10.8 Å². The molecule has 0 aliphatic heterocycles. The number of nitrogens with zero attached hydrogens (tertiary/aromatic N) is 3. The number of aromatic nitrogens is 2. The van der Waals surface area contributed by atoms with Gasteiger partial charge in [-0.3, -0.25) is 0 Å². The van der Waals surface area contributed by atoms with Gasteiger partial charge in [0.1, 0.15) is 0 Å². The van der Waals surface area contributed by atoms with E-state index in [0.29, 0.717) is 0 Å². The van der Waals surface area contributed by atoms with Gasteiger partial charge in [0.25, 0.3) is 0 Å². The Labute approximate surface area is 109 Å². The average Bonchev–Trinajstić information content (AvgIpc) is 2.71. The molecule has 0 amide bonds. The molecule has 0 atom stereocenters. The minimum absolute atomic E-state index is 0.789. The third kappa shape index (κ3) is 2.89. The van der Waals surface area contributed by atoms with Crippen LogP contribution in [-0.2, 0) is 0 Å². The number of hydrogen-bond acceptors (Lipinski definition) is 6. The molecule has 2 N–H and O–H groups in total. The van der Waals surface area contributed by atoms with Crippen LogP contribution in [0.25, 0.3) is 0 Å². The Balaban J connectivity index is 2.19. The first-order valence-electron chi connectivity index (χ1n) is 5.11. The van der Waals surface area contributed by atoms with Gasteiger partial charge in [-0.25, -0.2) is 0 Å². The lowest BCUT2D eigenvalue weighted by Crippen LogP contribution is -2.07. The molecule has 0 saturated carbocycles. The van der Waals surface area contributed by atoms with Crippen LogP contribution in [0.3, 0.4) is 0 Å². The minimum Gasteiger partial charge on any atom is -0.398 e. The fraction of sp³-hybridized carbons (Fsp3) is 0.273. The van der Waals surface area contributed by atoms with Gasteiger partial charge in [0.2, 0.25) is 5.13 Å². The first-order chi connectivity index (χ1) is 8.06. The van der Waals surface area contributed by atoms with Crippen LogP contribution in [0, 0.1) is 6.92 Å². The largest absolute Gasteiger partial charge is 0.398 e. The molecule has 2 rings (SSSR count). The Bertz CT molecular complexity index is 522. The number of nitrogen functional groups attached to an aromatic ring is 1. The summed E-state index contributed by atoms with van der Waals surface area (Å²) in [5.74, 6) is 0. The summed E-state index contributed by atoms with van der Waals surface area (Å²) in [7, 11) is 3.91. The highest BCUT2D eigenvalue weighted by Gasteiger charge is 2.09. The summed E-state index contributed by atoms with van der Waals surface area (Å²) in [6, 6.07) is 6.04.